The van der Waals surface area contributed by atoms with E-state index in [1.54, 1.807) is 6.07 Å². The molecule has 2 aromatic carbocycles. The summed E-state index contributed by atoms with van der Waals surface area (Å²) >= 11 is 0. The molecule has 2 N–H and O–H groups in total. The van der Waals surface area contributed by atoms with Gasteiger partial charge in [-0.05, 0) is 48.9 Å². The van der Waals surface area contributed by atoms with E-state index in [2.05, 4.69) is 10.6 Å². The van der Waals surface area contributed by atoms with Crippen molar-refractivity contribution in [3.63, 3.8) is 0 Å². The Kier molecular flexibility index (Phi) is 6.99. The van der Waals surface area contributed by atoms with Crippen LogP contribution in [0.15, 0.2) is 47.4 Å². The zero-order valence-corrected chi connectivity index (χ0v) is 18.0. The summed E-state index contributed by atoms with van der Waals surface area (Å²) in [4.78, 5) is 26.5. The zero-order valence-electron chi connectivity index (χ0n) is 17.2. The Hall–Kier alpha value is -2.91. The number of hydrogen-bond donors (Lipinski definition) is 2. The van der Waals surface area contributed by atoms with Crippen molar-refractivity contribution in [2.45, 2.75) is 11.8 Å². The number of rotatable bonds is 7. The molecular formula is C20H26N4O4S. The summed E-state index contributed by atoms with van der Waals surface area (Å²) in [6, 6.07) is 11.3. The maximum Gasteiger partial charge on any atom is 0.251 e. The van der Waals surface area contributed by atoms with E-state index in [0.717, 1.165) is 15.6 Å². The molecule has 0 aliphatic heterocycles. The van der Waals surface area contributed by atoms with Crippen LogP contribution in [0.4, 0.5) is 11.4 Å². The van der Waals surface area contributed by atoms with Gasteiger partial charge in [0.1, 0.15) is 0 Å². The molecule has 0 saturated heterocycles. The van der Waals surface area contributed by atoms with Crippen molar-refractivity contribution in [1.82, 2.24) is 9.62 Å². The Balaban J connectivity index is 2.02. The molecule has 0 atom stereocenters. The van der Waals surface area contributed by atoms with Crippen molar-refractivity contribution in [1.29, 1.82) is 0 Å². The van der Waals surface area contributed by atoms with Gasteiger partial charge in [0.15, 0.2) is 0 Å². The highest BCUT2D eigenvalue weighted by Gasteiger charge is 2.19. The molecule has 9 heteroatoms. The first kappa shape index (κ1) is 22.4. The van der Waals surface area contributed by atoms with Crippen molar-refractivity contribution >= 4 is 33.2 Å². The number of benzene rings is 2. The van der Waals surface area contributed by atoms with Crippen molar-refractivity contribution < 1.29 is 18.0 Å². The summed E-state index contributed by atoms with van der Waals surface area (Å²) in [7, 11) is 3.05. The summed E-state index contributed by atoms with van der Waals surface area (Å²) in [6.07, 6.45) is 0. The first-order valence-corrected chi connectivity index (χ1v) is 10.3. The minimum Gasteiger partial charge on any atom is -0.378 e. The summed E-state index contributed by atoms with van der Waals surface area (Å²) in [5.41, 5.74) is 2.74. The fourth-order valence-corrected chi connectivity index (χ4v) is 3.48. The minimum absolute atomic E-state index is 0.0104. The number of carbonyl (C=O) groups is 2. The molecule has 0 saturated carbocycles. The lowest BCUT2D eigenvalue weighted by atomic mass is 10.1. The van der Waals surface area contributed by atoms with E-state index in [1.807, 2.05) is 38.1 Å². The van der Waals surface area contributed by atoms with Crippen molar-refractivity contribution in [3.05, 3.63) is 53.6 Å². The van der Waals surface area contributed by atoms with E-state index < -0.39 is 15.9 Å². The third kappa shape index (κ3) is 5.55. The van der Waals surface area contributed by atoms with E-state index >= 15 is 0 Å². The number of amides is 2. The molecule has 0 radical (unpaired) electrons. The van der Waals surface area contributed by atoms with Gasteiger partial charge in [-0.15, -0.1) is 0 Å². The van der Waals surface area contributed by atoms with Crippen LogP contribution >= 0.6 is 0 Å². The third-order valence-corrected chi connectivity index (χ3v) is 6.10. The number of carbonyl (C=O) groups excluding carboxylic acids is 2. The maximum absolute atomic E-state index is 12.3. The van der Waals surface area contributed by atoms with Gasteiger partial charge in [0.25, 0.3) is 5.91 Å². The molecule has 156 valence electrons. The SMILES string of the molecule is Cc1cc(N(C)C)ccc1NC(=O)CNC(=O)c1cccc(S(=O)(=O)N(C)C)c1. The Morgan fingerprint density at radius 3 is 2.28 bits per heavy atom. The van der Waals surface area contributed by atoms with E-state index in [9.17, 15) is 18.0 Å². The first-order valence-electron chi connectivity index (χ1n) is 8.91. The highest BCUT2D eigenvalue weighted by atomic mass is 32.2. The number of anilines is 2. The lowest BCUT2D eigenvalue weighted by Crippen LogP contribution is -2.33. The fourth-order valence-electron chi connectivity index (χ4n) is 2.53. The quantitative estimate of drug-likeness (QED) is 0.713. The molecule has 0 heterocycles. The van der Waals surface area contributed by atoms with Crippen LogP contribution in [0.2, 0.25) is 0 Å². The van der Waals surface area contributed by atoms with Gasteiger partial charge in [-0.3, -0.25) is 9.59 Å². The molecule has 2 aromatic rings. The van der Waals surface area contributed by atoms with Gasteiger partial charge >= 0.3 is 0 Å². The summed E-state index contributed by atoms with van der Waals surface area (Å²) in [6.45, 7) is 1.65. The molecular weight excluding hydrogens is 392 g/mol. The molecule has 0 aliphatic carbocycles. The van der Waals surface area contributed by atoms with Gasteiger partial charge in [0.2, 0.25) is 15.9 Å². The van der Waals surface area contributed by atoms with Crippen LogP contribution in [0.1, 0.15) is 15.9 Å². The van der Waals surface area contributed by atoms with Crippen LogP contribution in [0.3, 0.4) is 0 Å². The number of nitrogens with zero attached hydrogens (tertiary/aromatic N) is 2. The second-order valence-corrected chi connectivity index (χ2v) is 9.09. The van der Waals surface area contributed by atoms with Gasteiger partial charge in [0, 0.05) is 45.1 Å². The molecule has 2 rings (SSSR count). The number of sulfonamides is 1. The van der Waals surface area contributed by atoms with Gasteiger partial charge < -0.3 is 15.5 Å². The fraction of sp³-hybridized carbons (Fsp3) is 0.300. The predicted molar refractivity (Wildman–Crippen MR) is 114 cm³/mol. The second kappa shape index (κ2) is 9.06. The van der Waals surface area contributed by atoms with Gasteiger partial charge in [0.05, 0.1) is 11.4 Å². The summed E-state index contributed by atoms with van der Waals surface area (Å²) < 4.78 is 25.5. The molecule has 0 spiro atoms. The van der Waals surface area contributed by atoms with Crippen LogP contribution in [-0.2, 0) is 14.8 Å². The lowest BCUT2D eigenvalue weighted by Gasteiger charge is -2.15. The highest BCUT2D eigenvalue weighted by Crippen LogP contribution is 2.21. The summed E-state index contributed by atoms with van der Waals surface area (Å²) in [5, 5.41) is 5.27. The zero-order chi connectivity index (χ0) is 21.8. The average molecular weight is 419 g/mol. The lowest BCUT2D eigenvalue weighted by molar-refractivity contribution is -0.115. The average Bonchev–Trinajstić information content (AvgIpc) is 2.67. The third-order valence-electron chi connectivity index (χ3n) is 4.28. The molecule has 0 aromatic heterocycles. The standard InChI is InChI=1S/C20H26N4O4S/c1-14-11-16(23(2)3)9-10-18(14)22-19(25)13-21-20(26)15-7-6-8-17(12-15)29(27,28)24(4)5/h6-12H,13H2,1-5H3,(H,21,26)(H,22,25). The second-order valence-electron chi connectivity index (χ2n) is 6.94. The van der Waals surface area contributed by atoms with E-state index in [1.165, 1.54) is 38.4 Å². The molecule has 0 aliphatic rings. The number of nitrogens with one attached hydrogen (secondary N) is 2. The largest absolute Gasteiger partial charge is 0.378 e. The van der Waals surface area contributed by atoms with Crippen LogP contribution < -0.4 is 15.5 Å². The smallest absolute Gasteiger partial charge is 0.251 e. The van der Waals surface area contributed by atoms with Gasteiger partial charge in [-0.25, -0.2) is 12.7 Å². The Morgan fingerprint density at radius 2 is 1.69 bits per heavy atom. The molecule has 29 heavy (non-hydrogen) atoms. The monoisotopic (exact) mass is 418 g/mol. The highest BCUT2D eigenvalue weighted by molar-refractivity contribution is 7.89. The van der Waals surface area contributed by atoms with E-state index in [4.69, 9.17) is 0 Å². The van der Waals surface area contributed by atoms with Crippen molar-refractivity contribution in [2.75, 3.05) is 45.0 Å². The Labute approximate surface area is 171 Å². The van der Waals surface area contributed by atoms with Gasteiger partial charge in [-0.2, -0.15) is 0 Å². The molecule has 0 fully saturated rings. The minimum atomic E-state index is -3.65. The Bertz CT molecular complexity index is 1020. The topological polar surface area (TPSA) is 98.8 Å². The summed E-state index contributed by atoms with van der Waals surface area (Å²) in [5.74, 6) is -0.910. The molecule has 0 bridgehead atoms. The van der Waals surface area contributed by atoms with E-state index in [0.29, 0.717) is 5.69 Å². The van der Waals surface area contributed by atoms with Gasteiger partial charge in [-0.1, -0.05) is 6.07 Å². The molecule has 8 nitrogen and oxygen atoms in total. The van der Waals surface area contributed by atoms with Crippen molar-refractivity contribution in [2.24, 2.45) is 0 Å². The van der Waals surface area contributed by atoms with E-state index in [-0.39, 0.29) is 22.9 Å². The predicted octanol–water partition coefficient (Wildman–Crippen LogP) is 1.68. The maximum atomic E-state index is 12.3. The number of aryl methyl sites for hydroxylation is 1. The first-order chi connectivity index (χ1) is 13.5. The van der Waals surface area contributed by atoms with Crippen molar-refractivity contribution in [3.8, 4) is 0 Å². The van der Waals surface area contributed by atoms with Crippen LogP contribution in [-0.4, -0.2) is 59.3 Å². The van der Waals surface area contributed by atoms with Crippen LogP contribution in [0.5, 0.6) is 0 Å². The normalized spacial score (nSPS) is 11.2. The molecule has 2 amide bonds. The number of hydrogen-bond acceptors (Lipinski definition) is 5. The molecule has 0 unspecified atom stereocenters. The van der Waals surface area contributed by atoms with Crippen LogP contribution in [0, 0.1) is 6.92 Å². The van der Waals surface area contributed by atoms with Crippen LogP contribution in [0.25, 0.3) is 0 Å². The Morgan fingerprint density at radius 1 is 1.00 bits per heavy atom.